The lowest BCUT2D eigenvalue weighted by atomic mass is 10.0. The van der Waals surface area contributed by atoms with Gasteiger partial charge in [0.05, 0.1) is 67.1 Å². The van der Waals surface area contributed by atoms with Crippen LogP contribution in [-0.2, 0) is 0 Å². The first kappa shape index (κ1) is 59.7. The van der Waals surface area contributed by atoms with Crippen LogP contribution < -0.4 is 0 Å². The second-order valence-corrected chi connectivity index (χ2v) is 26.1. The third-order valence-corrected chi connectivity index (χ3v) is 20.0. The third kappa shape index (κ3) is 10.2. The van der Waals surface area contributed by atoms with Crippen LogP contribution >= 0.6 is 0 Å². The van der Waals surface area contributed by atoms with E-state index in [0.29, 0.717) is 5.95 Å². The van der Waals surface area contributed by atoms with E-state index in [1.165, 1.54) is 38.0 Å². The maximum absolute atomic E-state index is 5.19. The van der Waals surface area contributed by atoms with Gasteiger partial charge in [0.25, 0.3) is 0 Å². The minimum absolute atomic E-state index is 0.606. The predicted molar refractivity (Wildman–Crippen MR) is 425 cm³/mol. The lowest BCUT2D eigenvalue weighted by Crippen LogP contribution is -2.04. The molecule has 10 aromatic heterocycles. The lowest BCUT2D eigenvalue weighted by molar-refractivity contribution is 0.998. The Morgan fingerprint density at radius 2 is 0.596 bits per heavy atom. The molecule has 11 nitrogen and oxygen atoms in total. The highest BCUT2D eigenvalue weighted by atomic mass is 15.2. The summed E-state index contributed by atoms with van der Waals surface area (Å²) in [4.78, 5) is 34.7. The molecule has 0 aliphatic heterocycles. The van der Waals surface area contributed by atoms with E-state index in [-0.39, 0.29) is 0 Å². The Labute approximate surface area is 596 Å². The summed E-state index contributed by atoms with van der Waals surface area (Å²) in [5.74, 6) is 0.606. The number of hydrogen-bond acceptors (Lipinski definition) is 7. The summed E-state index contributed by atoms with van der Waals surface area (Å²) in [6.45, 7) is 0. The molecule has 0 atom stereocenters. The van der Waals surface area contributed by atoms with E-state index in [0.717, 1.165) is 145 Å². The summed E-state index contributed by atoms with van der Waals surface area (Å²) in [5.41, 5.74) is 24.6. The molecule has 0 unspecified atom stereocenters. The first-order chi connectivity index (χ1) is 51.6. The number of pyridine rings is 5. The molecular formula is C93H59N11. The molecule has 0 aliphatic rings. The van der Waals surface area contributed by atoms with E-state index in [1.54, 1.807) is 12.4 Å². The van der Waals surface area contributed by atoms with Gasteiger partial charge in [0, 0.05) is 107 Å². The highest BCUT2D eigenvalue weighted by molar-refractivity contribution is 6.14. The van der Waals surface area contributed by atoms with Crippen molar-refractivity contribution in [2.24, 2.45) is 0 Å². The standard InChI is InChI=1S/C50H32N6.C43H27N5/c1-2-12-37(13-3-1)56-48-19-7-5-15-40(48)42-29-36(32-53-50(42)56)34-22-25-49-41(28-34)39-14-4-6-18-47(39)55(49)38-23-20-33(21-24-38)35-30-45(43-16-8-10-26-51-43)54-46(31-35)44-17-9-11-27-52-44;1-3-13-28(14-4-1)41-34-19-7-10-20-37(34)45-43(46-41)48-39-22-12-9-18-33(39)36-26-30(27-44-42(36)48)29-23-24-40-35(25-29)32-17-8-11-21-38(32)47(40)31-15-5-2-6-16-31/h1-32H;1-27H. The van der Waals surface area contributed by atoms with Crippen molar-refractivity contribution < 1.29 is 0 Å². The minimum Gasteiger partial charge on any atom is -0.309 e. The largest absolute Gasteiger partial charge is 0.309 e. The third-order valence-electron chi connectivity index (χ3n) is 20.0. The first-order valence-corrected chi connectivity index (χ1v) is 34.8. The number of fused-ring (bicyclic) bond motifs is 13. The highest BCUT2D eigenvalue weighted by Gasteiger charge is 2.22. The summed E-state index contributed by atoms with van der Waals surface area (Å²) < 4.78 is 9.06. The summed E-state index contributed by atoms with van der Waals surface area (Å²) in [7, 11) is 0. The minimum atomic E-state index is 0.606. The molecule has 486 valence electrons. The van der Waals surface area contributed by atoms with Gasteiger partial charge in [-0.15, -0.1) is 0 Å². The Bertz CT molecular complexity index is 6830. The molecule has 0 spiro atoms. The van der Waals surface area contributed by atoms with Gasteiger partial charge in [0.1, 0.15) is 11.3 Å². The van der Waals surface area contributed by atoms with Crippen molar-refractivity contribution in [1.29, 1.82) is 0 Å². The summed E-state index contributed by atoms with van der Waals surface area (Å²) >= 11 is 0. The van der Waals surface area contributed by atoms with E-state index < -0.39 is 0 Å². The fourth-order valence-corrected chi connectivity index (χ4v) is 15.3. The zero-order chi connectivity index (χ0) is 68.6. The molecule has 104 heavy (non-hydrogen) atoms. The van der Waals surface area contributed by atoms with Gasteiger partial charge < -0.3 is 9.13 Å². The van der Waals surface area contributed by atoms with Crippen molar-refractivity contribution in [1.82, 2.24) is 53.2 Å². The average molecular weight is 1330 g/mol. The predicted octanol–water partition coefficient (Wildman–Crippen LogP) is 22.7. The molecule has 10 heterocycles. The van der Waals surface area contributed by atoms with Crippen LogP contribution in [0.4, 0.5) is 0 Å². The number of rotatable bonds is 10. The monoisotopic (exact) mass is 1330 g/mol. The Kier molecular flexibility index (Phi) is 14.3. The molecule has 0 aliphatic carbocycles. The van der Waals surface area contributed by atoms with Gasteiger partial charge in [-0.05, 0) is 162 Å². The maximum Gasteiger partial charge on any atom is 0.237 e. The smallest absolute Gasteiger partial charge is 0.237 e. The van der Waals surface area contributed by atoms with Gasteiger partial charge in [-0.25, -0.2) is 24.9 Å². The van der Waals surface area contributed by atoms with Gasteiger partial charge in [0.15, 0.2) is 0 Å². The fourth-order valence-electron chi connectivity index (χ4n) is 15.3. The molecule has 0 amide bonds. The Hall–Kier alpha value is -14.3. The number of aromatic nitrogens is 11. The molecule has 0 radical (unpaired) electrons. The Morgan fingerprint density at radius 1 is 0.202 bits per heavy atom. The second kappa shape index (κ2) is 24.9. The van der Waals surface area contributed by atoms with Crippen molar-refractivity contribution in [3.8, 4) is 90.4 Å². The van der Waals surface area contributed by atoms with Gasteiger partial charge >= 0.3 is 0 Å². The van der Waals surface area contributed by atoms with E-state index in [1.807, 2.05) is 85.2 Å². The molecule has 0 saturated heterocycles. The van der Waals surface area contributed by atoms with E-state index in [9.17, 15) is 0 Å². The molecule has 11 aromatic carbocycles. The van der Waals surface area contributed by atoms with Crippen molar-refractivity contribution in [3.05, 3.63) is 358 Å². The maximum atomic E-state index is 5.19. The van der Waals surface area contributed by atoms with Crippen LogP contribution in [0.3, 0.4) is 0 Å². The highest BCUT2D eigenvalue weighted by Crippen LogP contribution is 2.42. The molecule has 0 N–H and O–H groups in total. The van der Waals surface area contributed by atoms with E-state index >= 15 is 0 Å². The van der Waals surface area contributed by atoms with Gasteiger partial charge in [0.2, 0.25) is 5.95 Å². The van der Waals surface area contributed by atoms with Crippen LogP contribution in [0.25, 0.3) is 189 Å². The quantitative estimate of drug-likeness (QED) is 0.134. The number of para-hydroxylation sites is 7. The van der Waals surface area contributed by atoms with Gasteiger partial charge in [-0.2, -0.15) is 0 Å². The van der Waals surface area contributed by atoms with Crippen LogP contribution in [0.5, 0.6) is 0 Å². The second-order valence-electron chi connectivity index (χ2n) is 26.1. The van der Waals surface area contributed by atoms with Crippen molar-refractivity contribution in [2.75, 3.05) is 0 Å². The SMILES string of the molecule is c1ccc(-c2nc(-n3c4ccccc4c4cc(-c5ccc6c(c5)c5ccccc5n6-c5ccccc5)cnc43)nc3ccccc23)cc1.c1ccc(-n2c3ccccc3c3cc(-c4ccc5c(c4)c4ccccc4n5-c4ccc(-c5cc(-c6ccccn6)nc(-c6ccccn6)c5)cc4)cnc32)cc1. The molecular weight excluding hydrogens is 1270 g/mol. The number of hydrogen-bond donors (Lipinski definition) is 0. The van der Waals surface area contributed by atoms with E-state index in [4.69, 9.17) is 24.9 Å². The molecule has 0 saturated carbocycles. The van der Waals surface area contributed by atoms with Gasteiger partial charge in [-0.1, -0.05) is 194 Å². The van der Waals surface area contributed by atoms with Crippen LogP contribution in [0.1, 0.15) is 0 Å². The summed E-state index contributed by atoms with van der Waals surface area (Å²) in [5, 5.41) is 10.4. The number of benzene rings is 11. The van der Waals surface area contributed by atoms with Crippen LogP contribution in [-0.4, -0.2) is 53.2 Å². The average Bonchev–Trinajstić information content (AvgIpc) is 1.27. The molecule has 0 fully saturated rings. The fraction of sp³-hybridized carbons (Fsp3) is 0. The summed E-state index contributed by atoms with van der Waals surface area (Å²) in [6.07, 6.45) is 7.59. The Morgan fingerprint density at radius 3 is 1.12 bits per heavy atom. The van der Waals surface area contributed by atoms with Crippen LogP contribution in [0.15, 0.2) is 358 Å². The number of nitrogens with zero attached hydrogens (tertiary/aromatic N) is 11. The van der Waals surface area contributed by atoms with Gasteiger partial charge in [-0.3, -0.25) is 19.1 Å². The van der Waals surface area contributed by atoms with Crippen LogP contribution in [0, 0.1) is 0 Å². The van der Waals surface area contributed by atoms with Crippen LogP contribution in [0.2, 0.25) is 0 Å². The van der Waals surface area contributed by atoms with Crippen molar-refractivity contribution in [2.45, 2.75) is 0 Å². The summed E-state index contributed by atoms with van der Waals surface area (Å²) in [6, 6.07) is 117. The molecule has 11 heteroatoms. The normalized spacial score (nSPS) is 11.7. The molecule has 21 aromatic rings. The van der Waals surface area contributed by atoms with Crippen molar-refractivity contribution >= 4 is 98.4 Å². The molecule has 0 bridgehead atoms. The zero-order valence-electron chi connectivity index (χ0n) is 56.0. The lowest BCUT2D eigenvalue weighted by Gasteiger charge is -2.12. The Balaban J connectivity index is 0.000000140. The first-order valence-electron chi connectivity index (χ1n) is 34.8. The van der Waals surface area contributed by atoms with E-state index in [2.05, 4.69) is 289 Å². The van der Waals surface area contributed by atoms with Crippen molar-refractivity contribution in [3.63, 3.8) is 0 Å². The zero-order valence-corrected chi connectivity index (χ0v) is 56.0. The topological polar surface area (TPSA) is 110 Å². The molecule has 21 rings (SSSR count).